The van der Waals surface area contributed by atoms with Crippen molar-refractivity contribution in [3.8, 4) is 0 Å². The first-order valence-corrected chi connectivity index (χ1v) is 7.14. The zero-order chi connectivity index (χ0) is 14.3. The summed E-state index contributed by atoms with van der Waals surface area (Å²) >= 11 is 0. The van der Waals surface area contributed by atoms with E-state index in [2.05, 4.69) is 24.2 Å². The van der Waals surface area contributed by atoms with Gasteiger partial charge in [0.25, 0.3) is 0 Å². The number of nitrogens with zero attached hydrogens (tertiary/aromatic N) is 2. The van der Waals surface area contributed by atoms with E-state index in [0.717, 1.165) is 30.8 Å². The van der Waals surface area contributed by atoms with Crippen molar-refractivity contribution in [2.45, 2.75) is 45.6 Å². The number of carbonyl (C=O) groups is 1. The van der Waals surface area contributed by atoms with Crippen LogP contribution >= 0.6 is 0 Å². The monoisotopic (exact) mass is 268 g/mol. The molecular weight excluding hydrogens is 248 g/mol. The Morgan fingerprint density at radius 3 is 2.45 bits per heavy atom. The average molecular weight is 268 g/mol. The van der Waals surface area contributed by atoms with Gasteiger partial charge in [0.1, 0.15) is 5.78 Å². The van der Waals surface area contributed by atoms with Crippen LogP contribution in [0.5, 0.6) is 0 Å². The fourth-order valence-corrected chi connectivity index (χ4v) is 3.20. The molecule has 0 radical (unpaired) electrons. The van der Waals surface area contributed by atoms with Crippen LogP contribution < -0.4 is 0 Å². The third-order valence-electron chi connectivity index (χ3n) is 4.46. The molecule has 104 valence electrons. The lowest BCUT2D eigenvalue weighted by Gasteiger charge is -2.12. The SMILES string of the molecule is CC(=O)C1(c2c(C)nn(Cc3ccccc3)c2C)CC1. The van der Waals surface area contributed by atoms with Crippen LogP contribution in [-0.4, -0.2) is 15.6 Å². The van der Waals surface area contributed by atoms with Gasteiger partial charge in [-0.3, -0.25) is 9.48 Å². The molecule has 1 saturated carbocycles. The quantitative estimate of drug-likeness (QED) is 0.853. The Morgan fingerprint density at radius 2 is 1.90 bits per heavy atom. The number of hydrogen-bond acceptors (Lipinski definition) is 2. The number of rotatable bonds is 4. The topological polar surface area (TPSA) is 34.9 Å². The number of benzene rings is 1. The number of carbonyl (C=O) groups excluding carboxylic acids is 1. The molecule has 1 aromatic carbocycles. The van der Waals surface area contributed by atoms with Crippen LogP contribution in [0.1, 0.15) is 42.3 Å². The van der Waals surface area contributed by atoms with E-state index in [4.69, 9.17) is 0 Å². The molecule has 1 aliphatic carbocycles. The summed E-state index contributed by atoms with van der Waals surface area (Å²) in [6.07, 6.45) is 1.95. The lowest BCUT2D eigenvalue weighted by Crippen LogP contribution is -2.19. The molecule has 0 saturated heterocycles. The van der Waals surface area contributed by atoms with Crippen LogP contribution in [0.3, 0.4) is 0 Å². The van der Waals surface area contributed by atoms with Crippen LogP contribution in [0.15, 0.2) is 30.3 Å². The molecule has 3 heteroatoms. The summed E-state index contributed by atoms with van der Waals surface area (Å²) in [6.45, 7) is 6.58. The highest BCUT2D eigenvalue weighted by Gasteiger charge is 2.51. The summed E-state index contributed by atoms with van der Waals surface area (Å²) in [7, 11) is 0. The minimum Gasteiger partial charge on any atom is -0.299 e. The van der Waals surface area contributed by atoms with Gasteiger partial charge in [-0.25, -0.2) is 0 Å². The van der Waals surface area contributed by atoms with Gasteiger partial charge in [0.15, 0.2) is 0 Å². The molecular formula is C17H20N2O. The van der Waals surface area contributed by atoms with E-state index < -0.39 is 0 Å². The number of aromatic nitrogens is 2. The second-order valence-corrected chi connectivity index (χ2v) is 5.83. The Bertz CT molecular complexity index is 651. The highest BCUT2D eigenvalue weighted by atomic mass is 16.1. The Balaban J connectivity index is 1.98. The summed E-state index contributed by atoms with van der Waals surface area (Å²) in [5.74, 6) is 0.281. The van der Waals surface area contributed by atoms with Crippen molar-refractivity contribution >= 4 is 5.78 Å². The molecule has 1 fully saturated rings. The lowest BCUT2D eigenvalue weighted by atomic mass is 9.90. The first-order chi connectivity index (χ1) is 9.54. The van der Waals surface area contributed by atoms with Crippen LogP contribution in [0.4, 0.5) is 0 Å². The fraction of sp³-hybridized carbons (Fsp3) is 0.412. The van der Waals surface area contributed by atoms with Crippen molar-refractivity contribution in [3.63, 3.8) is 0 Å². The molecule has 1 aromatic heterocycles. The van der Waals surface area contributed by atoms with Crippen molar-refractivity contribution in [2.24, 2.45) is 0 Å². The summed E-state index contributed by atoms with van der Waals surface area (Å²) in [5, 5.41) is 4.66. The zero-order valence-electron chi connectivity index (χ0n) is 12.3. The maximum Gasteiger partial charge on any atom is 0.140 e. The smallest absolute Gasteiger partial charge is 0.140 e. The van der Waals surface area contributed by atoms with E-state index in [-0.39, 0.29) is 11.2 Å². The molecule has 0 atom stereocenters. The van der Waals surface area contributed by atoms with Crippen molar-refractivity contribution in [1.82, 2.24) is 9.78 Å². The van der Waals surface area contributed by atoms with Gasteiger partial charge in [-0.1, -0.05) is 30.3 Å². The van der Waals surface area contributed by atoms with E-state index in [9.17, 15) is 4.79 Å². The Hall–Kier alpha value is -1.90. The standard InChI is InChI=1S/C17H20N2O/c1-12-16(17(9-10-17)14(3)20)13(2)19(18-12)11-15-7-5-4-6-8-15/h4-8H,9-11H2,1-3H3. The molecule has 0 bridgehead atoms. The van der Waals surface area contributed by atoms with Gasteiger partial charge >= 0.3 is 0 Å². The molecule has 2 aromatic rings. The van der Waals surface area contributed by atoms with Gasteiger partial charge < -0.3 is 0 Å². The summed E-state index contributed by atoms with van der Waals surface area (Å²) in [4.78, 5) is 12.0. The number of ketones is 1. The summed E-state index contributed by atoms with van der Waals surface area (Å²) in [6, 6.07) is 10.3. The van der Waals surface area contributed by atoms with Crippen molar-refractivity contribution in [3.05, 3.63) is 52.8 Å². The highest BCUT2D eigenvalue weighted by molar-refractivity contribution is 5.91. The van der Waals surface area contributed by atoms with E-state index in [1.165, 1.54) is 11.1 Å². The fourth-order valence-electron chi connectivity index (χ4n) is 3.20. The van der Waals surface area contributed by atoms with Crippen molar-refractivity contribution in [1.29, 1.82) is 0 Å². The third kappa shape index (κ3) is 1.98. The van der Waals surface area contributed by atoms with Gasteiger partial charge in [-0.2, -0.15) is 5.10 Å². The molecule has 0 N–H and O–H groups in total. The van der Waals surface area contributed by atoms with Gasteiger partial charge in [0.05, 0.1) is 17.7 Å². The van der Waals surface area contributed by atoms with Crippen LogP contribution in [0, 0.1) is 13.8 Å². The number of hydrogen-bond donors (Lipinski definition) is 0. The Morgan fingerprint density at radius 1 is 1.25 bits per heavy atom. The number of Topliss-reactive ketones (excluding diaryl/α,β-unsaturated/α-hetero) is 1. The van der Waals surface area contributed by atoms with Gasteiger partial charge in [0.2, 0.25) is 0 Å². The van der Waals surface area contributed by atoms with Gasteiger partial charge in [-0.05, 0) is 39.2 Å². The highest BCUT2D eigenvalue weighted by Crippen LogP contribution is 2.51. The summed E-state index contributed by atoms with van der Waals surface area (Å²) in [5.41, 5.74) is 4.31. The Kier molecular flexibility index (Phi) is 3.00. The normalized spacial score (nSPS) is 16.1. The van der Waals surface area contributed by atoms with Crippen LogP contribution in [0.25, 0.3) is 0 Å². The molecule has 3 nitrogen and oxygen atoms in total. The second-order valence-electron chi connectivity index (χ2n) is 5.83. The Labute approximate surface area is 119 Å². The largest absolute Gasteiger partial charge is 0.299 e. The molecule has 3 rings (SSSR count). The maximum atomic E-state index is 12.0. The minimum atomic E-state index is -0.233. The molecule has 1 aliphatic rings. The molecule has 0 unspecified atom stereocenters. The first kappa shape index (κ1) is 13.1. The summed E-state index contributed by atoms with van der Waals surface area (Å²) < 4.78 is 2.03. The molecule has 0 amide bonds. The maximum absolute atomic E-state index is 12.0. The van der Waals surface area contributed by atoms with Crippen molar-refractivity contribution in [2.75, 3.05) is 0 Å². The van der Waals surface area contributed by atoms with E-state index in [1.54, 1.807) is 6.92 Å². The predicted molar refractivity (Wildman–Crippen MR) is 78.8 cm³/mol. The van der Waals surface area contributed by atoms with E-state index >= 15 is 0 Å². The number of aryl methyl sites for hydroxylation is 1. The molecule has 20 heavy (non-hydrogen) atoms. The first-order valence-electron chi connectivity index (χ1n) is 7.14. The minimum absolute atomic E-state index is 0.233. The third-order valence-corrected chi connectivity index (χ3v) is 4.46. The lowest BCUT2D eigenvalue weighted by molar-refractivity contribution is -0.119. The van der Waals surface area contributed by atoms with Crippen LogP contribution in [0.2, 0.25) is 0 Å². The molecule has 1 heterocycles. The van der Waals surface area contributed by atoms with E-state index in [1.807, 2.05) is 29.8 Å². The average Bonchev–Trinajstić information content (AvgIpc) is 3.16. The molecule has 0 spiro atoms. The van der Waals surface area contributed by atoms with Gasteiger partial charge in [0, 0.05) is 11.3 Å². The zero-order valence-corrected chi connectivity index (χ0v) is 12.3. The predicted octanol–water partition coefficient (Wildman–Crippen LogP) is 3.17. The van der Waals surface area contributed by atoms with Crippen LogP contribution in [-0.2, 0) is 16.8 Å². The molecule has 0 aliphatic heterocycles. The van der Waals surface area contributed by atoms with Gasteiger partial charge in [-0.15, -0.1) is 0 Å². The van der Waals surface area contributed by atoms with E-state index in [0.29, 0.717) is 0 Å². The second kappa shape index (κ2) is 4.58. The van der Waals surface area contributed by atoms with Crippen molar-refractivity contribution < 1.29 is 4.79 Å².